The Bertz CT molecular complexity index is 1430. The number of aryl methyl sites for hydroxylation is 3. The average molecular weight is 489 g/mol. The molecular weight excluding hydrogens is 460 g/mol. The van der Waals surface area contributed by atoms with Crippen LogP contribution in [0.4, 0.5) is 5.69 Å². The number of nitrogens with zero attached hydrogens (tertiary/aromatic N) is 3. The molecule has 0 aliphatic carbocycles. The molecule has 8 heteroatoms. The second-order valence-corrected chi connectivity index (χ2v) is 10.3. The van der Waals surface area contributed by atoms with Crippen LogP contribution in [0, 0.1) is 20.8 Å². The number of carbonyl (C=O) groups excluding carboxylic acids is 1. The summed E-state index contributed by atoms with van der Waals surface area (Å²) in [6, 6.07) is 21.4. The second-order valence-electron chi connectivity index (χ2n) is 8.42. The molecule has 0 saturated heterocycles. The number of amides is 1. The van der Waals surface area contributed by atoms with Crippen LogP contribution in [0.25, 0.3) is 5.69 Å². The van der Waals surface area contributed by atoms with Gasteiger partial charge in [-0.2, -0.15) is 0 Å². The molecule has 0 unspecified atom stereocenters. The molecule has 0 fully saturated rings. The number of imidazole rings is 1. The van der Waals surface area contributed by atoms with Gasteiger partial charge in [0.2, 0.25) is 5.91 Å². The third kappa shape index (κ3) is 5.44. The molecule has 4 rings (SSSR count). The fourth-order valence-electron chi connectivity index (χ4n) is 4.04. The minimum atomic E-state index is -3.95. The molecular formula is C27H28N4O3S. The van der Waals surface area contributed by atoms with Gasteiger partial charge in [-0.15, -0.1) is 0 Å². The molecule has 0 atom stereocenters. The van der Waals surface area contributed by atoms with Crippen molar-refractivity contribution < 1.29 is 13.2 Å². The van der Waals surface area contributed by atoms with Gasteiger partial charge in [-0.1, -0.05) is 42.5 Å². The first-order chi connectivity index (χ1) is 16.8. The first-order valence-electron chi connectivity index (χ1n) is 11.3. The molecule has 35 heavy (non-hydrogen) atoms. The van der Waals surface area contributed by atoms with Gasteiger partial charge in [0.05, 0.1) is 16.3 Å². The fraction of sp³-hybridized carbons (Fsp3) is 0.185. The standard InChI is InChI=1S/C27H28N4O3S/c1-20-15-21(2)17-24(16-20)31(35(33,34)25-10-5-4-6-11-25)19-27(32)29-18-23-9-7-8-12-26(23)30-14-13-28-22(30)3/h4-17H,18-19H2,1-3H3,(H,29,32). The lowest BCUT2D eigenvalue weighted by molar-refractivity contribution is -0.119. The maximum atomic E-state index is 13.5. The van der Waals surface area contributed by atoms with E-state index in [2.05, 4.69) is 10.3 Å². The van der Waals surface area contributed by atoms with Crippen LogP contribution >= 0.6 is 0 Å². The van der Waals surface area contributed by atoms with Crippen LogP contribution in [0.3, 0.4) is 0 Å². The van der Waals surface area contributed by atoms with Crippen molar-refractivity contribution in [2.24, 2.45) is 0 Å². The predicted octanol–water partition coefficient (Wildman–Crippen LogP) is 4.31. The van der Waals surface area contributed by atoms with Crippen LogP contribution < -0.4 is 9.62 Å². The van der Waals surface area contributed by atoms with Crippen LogP contribution in [0.15, 0.2) is 90.1 Å². The van der Waals surface area contributed by atoms with Gasteiger partial charge in [0.15, 0.2) is 0 Å². The van der Waals surface area contributed by atoms with Crippen molar-refractivity contribution in [1.82, 2.24) is 14.9 Å². The largest absolute Gasteiger partial charge is 0.350 e. The van der Waals surface area contributed by atoms with Crippen LogP contribution in [-0.4, -0.2) is 30.4 Å². The minimum absolute atomic E-state index is 0.132. The molecule has 0 saturated carbocycles. The summed E-state index contributed by atoms with van der Waals surface area (Å²) < 4.78 is 30.2. The second kappa shape index (κ2) is 10.1. The van der Waals surface area contributed by atoms with Gasteiger partial charge >= 0.3 is 0 Å². The van der Waals surface area contributed by atoms with Crippen molar-refractivity contribution in [1.29, 1.82) is 0 Å². The van der Waals surface area contributed by atoms with Crippen molar-refractivity contribution >= 4 is 21.6 Å². The predicted molar refractivity (Wildman–Crippen MR) is 137 cm³/mol. The molecule has 0 spiro atoms. The Kier molecular flexibility index (Phi) is 7.02. The summed E-state index contributed by atoms with van der Waals surface area (Å²) in [4.78, 5) is 17.5. The smallest absolute Gasteiger partial charge is 0.264 e. The van der Waals surface area contributed by atoms with Gasteiger partial charge in [0, 0.05) is 18.9 Å². The molecule has 1 amide bonds. The van der Waals surface area contributed by atoms with E-state index in [1.54, 1.807) is 36.5 Å². The Balaban J connectivity index is 1.60. The van der Waals surface area contributed by atoms with Crippen LogP contribution in [0.1, 0.15) is 22.5 Å². The Hall–Kier alpha value is -3.91. The normalized spacial score (nSPS) is 11.3. The highest BCUT2D eigenvalue weighted by Gasteiger charge is 2.27. The van der Waals surface area contributed by atoms with Gasteiger partial charge in [0.25, 0.3) is 10.0 Å². The van der Waals surface area contributed by atoms with Crippen LogP contribution in [-0.2, 0) is 21.4 Å². The molecule has 0 radical (unpaired) electrons. The van der Waals surface area contributed by atoms with E-state index in [0.717, 1.165) is 28.2 Å². The van der Waals surface area contributed by atoms with E-state index in [1.807, 2.05) is 61.9 Å². The van der Waals surface area contributed by atoms with Crippen molar-refractivity contribution in [2.45, 2.75) is 32.2 Å². The number of anilines is 1. The van der Waals surface area contributed by atoms with Gasteiger partial charge in [-0.05, 0) is 67.8 Å². The SMILES string of the molecule is Cc1cc(C)cc(N(CC(=O)NCc2ccccc2-n2ccnc2C)S(=O)(=O)c2ccccc2)c1. The quantitative estimate of drug-likeness (QED) is 0.401. The lowest BCUT2D eigenvalue weighted by atomic mass is 10.1. The molecule has 1 aromatic heterocycles. The molecule has 7 nitrogen and oxygen atoms in total. The molecule has 0 aliphatic heterocycles. The van der Waals surface area contributed by atoms with Gasteiger partial charge in [0.1, 0.15) is 12.4 Å². The molecule has 1 N–H and O–H groups in total. The maximum Gasteiger partial charge on any atom is 0.264 e. The number of rotatable bonds is 8. The Morgan fingerprint density at radius 3 is 2.26 bits per heavy atom. The van der Waals surface area contributed by atoms with E-state index in [4.69, 9.17) is 0 Å². The number of para-hydroxylation sites is 1. The molecule has 4 aromatic rings. The maximum absolute atomic E-state index is 13.5. The summed E-state index contributed by atoms with van der Waals surface area (Å²) >= 11 is 0. The third-order valence-corrected chi connectivity index (χ3v) is 7.45. The van der Waals surface area contributed by atoms with E-state index in [9.17, 15) is 13.2 Å². The monoisotopic (exact) mass is 488 g/mol. The van der Waals surface area contributed by atoms with Gasteiger partial charge in [-0.25, -0.2) is 13.4 Å². The summed E-state index contributed by atoms with van der Waals surface area (Å²) in [6.07, 6.45) is 3.59. The number of aromatic nitrogens is 2. The molecule has 0 bridgehead atoms. The number of sulfonamides is 1. The number of benzene rings is 3. The van der Waals surface area contributed by atoms with E-state index >= 15 is 0 Å². The zero-order valence-corrected chi connectivity index (χ0v) is 20.8. The average Bonchev–Trinajstić information content (AvgIpc) is 3.26. The highest BCUT2D eigenvalue weighted by molar-refractivity contribution is 7.92. The zero-order chi connectivity index (χ0) is 25.0. The Morgan fingerprint density at radius 2 is 1.60 bits per heavy atom. The van der Waals surface area contributed by atoms with E-state index < -0.39 is 15.9 Å². The number of carbonyl (C=O) groups is 1. The minimum Gasteiger partial charge on any atom is -0.350 e. The van der Waals surface area contributed by atoms with Crippen molar-refractivity contribution in [3.63, 3.8) is 0 Å². The number of hydrogen-bond donors (Lipinski definition) is 1. The van der Waals surface area contributed by atoms with Crippen molar-refractivity contribution in [3.05, 3.63) is 108 Å². The first-order valence-corrected chi connectivity index (χ1v) is 12.7. The van der Waals surface area contributed by atoms with Gasteiger partial charge < -0.3 is 9.88 Å². The molecule has 1 heterocycles. The Morgan fingerprint density at radius 1 is 0.943 bits per heavy atom. The summed E-state index contributed by atoms with van der Waals surface area (Å²) in [5.74, 6) is 0.430. The third-order valence-electron chi connectivity index (χ3n) is 5.67. The molecule has 180 valence electrons. The summed E-state index contributed by atoms with van der Waals surface area (Å²) in [6.45, 7) is 5.62. The van der Waals surface area contributed by atoms with Crippen LogP contribution in [0.5, 0.6) is 0 Å². The zero-order valence-electron chi connectivity index (χ0n) is 20.0. The van der Waals surface area contributed by atoms with E-state index in [-0.39, 0.29) is 18.0 Å². The highest BCUT2D eigenvalue weighted by Crippen LogP contribution is 2.26. The lowest BCUT2D eigenvalue weighted by Gasteiger charge is -2.25. The summed E-state index contributed by atoms with van der Waals surface area (Å²) in [5, 5.41) is 2.90. The Labute approximate surface area is 206 Å². The summed E-state index contributed by atoms with van der Waals surface area (Å²) in [5.41, 5.74) is 4.09. The fourth-order valence-corrected chi connectivity index (χ4v) is 5.46. The van der Waals surface area contributed by atoms with Gasteiger partial charge in [-0.3, -0.25) is 9.10 Å². The highest BCUT2D eigenvalue weighted by atomic mass is 32.2. The first kappa shape index (κ1) is 24.2. The molecule has 0 aliphatic rings. The number of hydrogen-bond acceptors (Lipinski definition) is 4. The number of nitrogens with one attached hydrogen (secondary N) is 1. The van der Waals surface area contributed by atoms with Crippen molar-refractivity contribution in [2.75, 3.05) is 10.8 Å². The molecule has 3 aromatic carbocycles. The summed E-state index contributed by atoms with van der Waals surface area (Å²) in [7, 11) is -3.95. The van der Waals surface area contributed by atoms with E-state index in [1.165, 1.54) is 16.4 Å². The van der Waals surface area contributed by atoms with Crippen LogP contribution in [0.2, 0.25) is 0 Å². The lowest BCUT2D eigenvalue weighted by Crippen LogP contribution is -2.40. The van der Waals surface area contributed by atoms with E-state index in [0.29, 0.717) is 5.69 Å². The van der Waals surface area contributed by atoms with Crippen molar-refractivity contribution in [3.8, 4) is 5.69 Å². The topological polar surface area (TPSA) is 84.3 Å².